The van der Waals surface area contributed by atoms with Gasteiger partial charge in [0.15, 0.2) is 0 Å². The van der Waals surface area contributed by atoms with Crippen molar-refractivity contribution in [2.24, 2.45) is 0 Å². The summed E-state index contributed by atoms with van der Waals surface area (Å²) >= 11 is 0. The molecule has 2 amide bonds. The molecule has 0 saturated heterocycles. The topological polar surface area (TPSA) is 131 Å². The number of aromatic nitrogens is 3. The average molecular weight is 540 g/mol. The maximum atomic E-state index is 12.8. The Hall–Kier alpha value is -5.29. The molecule has 4 rings (SSSR count). The Labute approximate surface area is 231 Å². The Morgan fingerprint density at radius 3 is 2.40 bits per heavy atom. The second kappa shape index (κ2) is 13.5. The molecular formula is C29H29N7O4. The average Bonchev–Trinajstić information content (AvgIpc) is 2.94. The van der Waals surface area contributed by atoms with Crippen LogP contribution in [0.2, 0.25) is 0 Å². The predicted octanol–water partition coefficient (Wildman–Crippen LogP) is 4.72. The molecule has 2 heterocycles. The van der Waals surface area contributed by atoms with Crippen LogP contribution in [0.25, 0.3) is 0 Å². The van der Waals surface area contributed by atoms with Gasteiger partial charge in [0, 0.05) is 47.4 Å². The molecular weight excluding hydrogens is 510 g/mol. The van der Waals surface area contributed by atoms with Gasteiger partial charge in [-0.1, -0.05) is 12.1 Å². The number of rotatable bonds is 11. The van der Waals surface area contributed by atoms with Crippen molar-refractivity contribution < 1.29 is 19.1 Å². The minimum Gasteiger partial charge on any atom is -0.481 e. The van der Waals surface area contributed by atoms with Gasteiger partial charge in [-0.05, 0) is 62.6 Å². The Kier molecular flexibility index (Phi) is 9.35. The molecule has 0 radical (unpaired) electrons. The minimum atomic E-state index is -0.285. The Balaban J connectivity index is 1.34. The van der Waals surface area contributed by atoms with E-state index < -0.39 is 0 Å². The quantitative estimate of drug-likeness (QED) is 0.232. The van der Waals surface area contributed by atoms with Crippen molar-refractivity contribution in [3.8, 4) is 17.5 Å². The number of amides is 2. The maximum Gasteiger partial charge on any atom is 0.255 e. The normalized spacial score (nSPS) is 10.8. The van der Waals surface area contributed by atoms with Crippen molar-refractivity contribution in [1.82, 2.24) is 19.9 Å². The predicted molar refractivity (Wildman–Crippen MR) is 153 cm³/mol. The van der Waals surface area contributed by atoms with E-state index in [1.165, 1.54) is 18.6 Å². The van der Waals surface area contributed by atoms with Gasteiger partial charge in [0.05, 0.1) is 13.3 Å². The van der Waals surface area contributed by atoms with Crippen LogP contribution in [0.3, 0.4) is 0 Å². The monoisotopic (exact) mass is 539 g/mol. The molecule has 11 heteroatoms. The molecule has 204 valence electrons. The van der Waals surface area contributed by atoms with Crippen LogP contribution in [0, 0.1) is 0 Å². The van der Waals surface area contributed by atoms with Gasteiger partial charge < -0.3 is 30.3 Å². The summed E-state index contributed by atoms with van der Waals surface area (Å²) in [5.74, 6) is 1.30. The van der Waals surface area contributed by atoms with Gasteiger partial charge in [0.1, 0.15) is 17.9 Å². The highest BCUT2D eigenvalue weighted by atomic mass is 16.5. The lowest BCUT2D eigenvalue weighted by atomic mass is 10.2. The number of carbonyl (C=O) groups excluding carboxylic acids is 2. The highest BCUT2D eigenvalue weighted by Crippen LogP contribution is 2.24. The van der Waals surface area contributed by atoms with Crippen molar-refractivity contribution in [3.63, 3.8) is 0 Å². The number of likely N-dealkylation sites (N-methyl/N-ethyl adjacent to an activating group) is 1. The van der Waals surface area contributed by atoms with E-state index in [0.29, 0.717) is 52.5 Å². The van der Waals surface area contributed by atoms with Gasteiger partial charge in [-0.25, -0.2) is 15.0 Å². The highest BCUT2D eigenvalue weighted by molar-refractivity contribution is 6.05. The van der Waals surface area contributed by atoms with E-state index >= 15 is 0 Å². The standard InChI is InChI=1S/C29H29N7O4/c1-36(2)15-5-8-26(37)34-21-11-9-20(10-12-21)29(38)35-23-7-4-6-22(16-23)33-25-17-28(32-19-31-25)40-24-13-14-27(39-3)30-18-24/h4-14,16-19H,15H2,1-3H3,(H,34,37)(H,35,38)(H,31,32,33)/b8-5+. The molecule has 3 N–H and O–H groups in total. The van der Waals surface area contributed by atoms with Crippen molar-refractivity contribution in [3.05, 3.63) is 97.0 Å². The van der Waals surface area contributed by atoms with Crippen molar-refractivity contribution in [2.45, 2.75) is 0 Å². The van der Waals surface area contributed by atoms with Gasteiger partial charge >= 0.3 is 0 Å². The molecule has 40 heavy (non-hydrogen) atoms. The lowest BCUT2D eigenvalue weighted by Crippen LogP contribution is -2.13. The zero-order chi connectivity index (χ0) is 28.3. The van der Waals surface area contributed by atoms with Crippen LogP contribution in [0.1, 0.15) is 10.4 Å². The van der Waals surface area contributed by atoms with Crippen LogP contribution in [0.5, 0.6) is 17.5 Å². The molecule has 0 aliphatic rings. The fraction of sp³-hybridized carbons (Fsp3) is 0.138. The third-order valence-corrected chi connectivity index (χ3v) is 5.33. The summed E-state index contributed by atoms with van der Waals surface area (Å²) in [5, 5.41) is 8.83. The number of pyridine rings is 1. The largest absolute Gasteiger partial charge is 0.481 e. The number of benzene rings is 2. The third-order valence-electron chi connectivity index (χ3n) is 5.33. The molecule has 0 aliphatic carbocycles. The summed E-state index contributed by atoms with van der Waals surface area (Å²) in [6, 6.07) is 18.9. The first-order valence-electron chi connectivity index (χ1n) is 12.3. The molecule has 2 aromatic carbocycles. The second-order valence-corrected chi connectivity index (χ2v) is 8.77. The first-order chi connectivity index (χ1) is 19.4. The maximum absolute atomic E-state index is 12.8. The van der Waals surface area contributed by atoms with Crippen molar-refractivity contribution >= 4 is 34.7 Å². The SMILES string of the molecule is COc1ccc(Oc2cc(Nc3cccc(NC(=O)c4ccc(NC(=O)/C=C/CN(C)C)cc4)c3)ncn2)cn1. The van der Waals surface area contributed by atoms with E-state index in [4.69, 9.17) is 9.47 Å². The van der Waals surface area contributed by atoms with Crippen molar-refractivity contribution in [2.75, 3.05) is 43.7 Å². The fourth-order valence-corrected chi connectivity index (χ4v) is 3.42. The summed E-state index contributed by atoms with van der Waals surface area (Å²) in [5.41, 5.74) is 2.34. The minimum absolute atomic E-state index is 0.233. The first kappa shape index (κ1) is 27.7. The third kappa shape index (κ3) is 8.36. The van der Waals surface area contributed by atoms with E-state index in [1.54, 1.807) is 67.8 Å². The molecule has 0 atom stereocenters. The lowest BCUT2D eigenvalue weighted by molar-refractivity contribution is -0.111. The lowest BCUT2D eigenvalue weighted by Gasteiger charge is -2.11. The highest BCUT2D eigenvalue weighted by Gasteiger charge is 2.09. The van der Waals surface area contributed by atoms with Gasteiger partial charge in [-0.3, -0.25) is 9.59 Å². The van der Waals surface area contributed by atoms with Crippen LogP contribution in [-0.4, -0.2) is 59.4 Å². The van der Waals surface area contributed by atoms with E-state index in [2.05, 4.69) is 30.9 Å². The smallest absolute Gasteiger partial charge is 0.255 e. The molecule has 0 aliphatic heterocycles. The number of anilines is 4. The number of hydrogen-bond donors (Lipinski definition) is 3. The number of hydrogen-bond acceptors (Lipinski definition) is 9. The molecule has 11 nitrogen and oxygen atoms in total. The zero-order valence-corrected chi connectivity index (χ0v) is 22.3. The summed E-state index contributed by atoms with van der Waals surface area (Å²) in [6.45, 7) is 0.667. The molecule has 0 saturated carbocycles. The number of nitrogens with zero attached hydrogens (tertiary/aromatic N) is 4. The van der Waals surface area contributed by atoms with Gasteiger partial charge in [0.25, 0.3) is 5.91 Å². The number of ether oxygens (including phenoxy) is 2. The van der Waals surface area contributed by atoms with Crippen molar-refractivity contribution in [1.29, 1.82) is 0 Å². The van der Waals surface area contributed by atoms with Gasteiger partial charge in [-0.2, -0.15) is 0 Å². The van der Waals surface area contributed by atoms with Gasteiger partial charge in [0.2, 0.25) is 17.7 Å². The molecule has 0 unspecified atom stereocenters. The van der Waals surface area contributed by atoms with Crippen LogP contribution in [-0.2, 0) is 4.79 Å². The Morgan fingerprint density at radius 2 is 1.68 bits per heavy atom. The molecule has 4 aromatic rings. The fourth-order valence-electron chi connectivity index (χ4n) is 3.42. The Bertz CT molecular complexity index is 1470. The van der Waals surface area contributed by atoms with Gasteiger partial charge in [-0.15, -0.1) is 0 Å². The second-order valence-electron chi connectivity index (χ2n) is 8.77. The van der Waals surface area contributed by atoms with E-state index in [9.17, 15) is 9.59 Å². The zero-order valence-electron chi connectivity index (χ0n) is 22.3. The van der Waals surface area contributed by atoms with E-state index in [0.717, 1.165) is 0 Å². The van der Waals surface area contributed by atoms with E-state index in [-0.39, 0.29) is 11.8 Å². The molecule has 0 spiro atoms. The molecule has 0 fully saturated rings. The summed E-state index contributed by atoms with van der Waals surface area (Å²) in [6.07, 6.45) is 6.17. The summed E-state index contributed by atoms with van der Waals surface area (Å²) in [4.78, 5) is 39.2. The first-order valence-corrected chi connectivity index (χ1v) is 12.3. The number of methoxy groups -OCH3 is 1. The van der Waals surface area contributed by atoms with Crippen LogP contribution >= 0.6 is 0 Å². The van der Waals surface area contributed by atoms with Crippen LogP contribution in [0.4, 0.5) is 22.9 Å². The summed E-state index contributed by atoms with van der Waals surface area (Å²) < 4.78 is 10.8. The number of nitrogens with one attached hydrogen (secondary N) is 3. The van der Waals surface area contributed by atoms with Crippen LogP contribution < -0.4 is 25.4 Å². The van der Waals surface area contributed by atoms with E-state index in [1.807, 2.05) is 31.1 Å². The molecule has 0 bridgehead atoms. The van der Waals surface area contributed by atoms with Crippen LogP contribution in [0.15, 0.2) is 91.4 Å². The number of carbonyl (C=O) groups is 2. The molecule has 2 aromatic heterocycles. The summed E-state index contributed by atoms with van der Waals surface area (Å²) in [7, 11) is 5.39. The Morgan fingerprint density at radius 1 is 0.875 bits per heavy atom.